The number of guanidine groups is 1. The molecule has 0 unspecified atom stereocenters. The molecular weight excluding hydrogens is 290 g/mol. The number of carbonyl (C=O) groups is 1. The van der Waals surface area contributed by atoms with Crippen molar-refractivity contribution in [3.05, 3.63) is 0 Å². The quantitative estimate of drug-likeness (QED) is 0.480. The molecule has 0 aromatic rings. The molecule has 0 spiro atoms. The van der Waals surface area contributed by atoms with Gasteiger partial charge in [0.2, 0.25) is 0 Å². The van der Waals surface area contributed by atoms with Crippen LogP contribution in [0.1, 0.15) is 58.3 Å². The third-order valence-electron chi connectivity index (χ3n) is 5.19. The maximum atomic E-state index is 11.6. The smallest absolute Gasteiger partial charge is 0.308 e. The molecule has 0 atom stereocenters. The summed E-state index contributed by atoms with van der Waals surface area (Å²) in [7, 11) is 1.48. The zero-order valence-corrected chi connectivity index (χ0v) is 14.9. The van der Waals surface area contributed by atoms with Gasteiger partial charge in [0.1, 0.15) is 0 Å². The number of hydrogen-bond donors (Lipinski definition) is 1. The van der Waals surface area contributed by atoms with Crippen molar-refractivity contribution in [2.75, 3.05) is 33.3 Å². The highest BCUT2D eigenvalue weighted by Crippen LogP contribution is 2.26. The summed E-state index contributed by atoms with van der Waals surface area (Å²) in [5.74, 6) is 1.89. The third-order valence-corrected chi connectivity index (χ3v) is 5.19. The van der Waals surface area contributed by atoms with Crippen molar-refractivity contribution < 1.29 is 9.53 Å². The Morgan fingerprint density at radius 3 is 2.48 bits per heavy atom. The van der Waals surface area contributed by atoms with Gasteiger partial charge in [-0.25, -0.2) is 0 Å². The van der Waals surface area contributed by atoms with Crippen LogP contribution >= 0.6 is 0 Å². The molecule has 0 radical (unpaired) electrons. The summed E-state index contributed by atoms with van der Waals surface area (Å²) < 4.78 is 4.86. The topological polar surface area (TPSA) is 53.9 Å². The monoisotopic (exact) mass is 323 g/mol. The van der Waals surface area contributed by atoms with E-state index >= 15 is 0 Å². The number of aliphatic imine (C=N–C) groups is 1. The largest absolute Gasteiger partial charge is 0.469 e. The van der Waals surface area contributed by atoms with Gasteiger partial charge in [0.25, 0.3) is 0 Å². The number of nitrogens with one attached hydrogen (secondary N) is 1. The van der Waals surface area contributed by atoms with Gasteiger partial charge in [-0.05, 0) is 32.1 Å². The molecule has 1 aliphatic heterocycles. The lowest BCUT2D eigenvalue weighted by Gasteiger charge is -2.33. The summed E-state index contributed by atoms with van der Waals surface area (Å²) >= 11 is 0. The maximum absolute atomic E-state index is 11.6. The average molecular weight is 323 g/mol. The summed E-state index contributed by atoms with van der Waals surface area (Å²) in [6.45, 7) is 5.69. The molecule has 0 bridgehead atoms. The number of rotatable bonds is 5. The number of methoxy groups -OCH3 is 1. The second kappa shape index (κ2) is 9.78. The van der Waals surface area contributed by atoms with E-state index in [0.29, 0.717) is 0 Å². The molecule has 2 fully saturated rings. The fourth-order valence-electron chi connectivity index (χ4n) is 3.75. The Kier molecular flexibility index (Phi) is 7.69. The van der Waals surface area contributed by atoms with E-state index in [1.165, 1.54) is 45.6 Å². The zero-order valence-electron chi connectivity index (χ0n) is 14.9. The van der Waals surface area contributed by atoms with Crippen molar-refractivity contribution in [1.82, 2.24) is 10.2 Å². The SMILES string of the molecule is CCNC(=NCCC1CCCCC1)N1CCC(C(=O)OC)CC1. The van der Waals surface area contributed by atoms with Gasteiger partial charge >= 0.3 is 5.97 Å². The Hall–Kier alpha value is -1.26. The predicted octanol–water partition coefficient (Wildman–Crippen LogP) is 2.81. The second-order valence-electron chi connectivity index (χ2n) is 6.81. The number of piperidine rings is 1. The highest BCUT2D eigenvalue weighted by Gasteiger charge is 2.27. The zero-order chi connectivity index (χ0) is 16.5. The third kappa shape index (κ3) is 5.70. The molecule has 1 saturated carbocycles. The molecule has 1 saturated heterocycles. The lowest BCUT2D eigenvalue weighted by atomic mass is 9.87. The Morgan fingerprint density at radius 1 is 1.17 bits per heavy atom. The molecule has 1 heterocycles. The first kappa shape index (κ1) is 18.1. The number of nitrogens with zero attached hydrogens (tertiary/aromatic N) is 2. The first-order valence-electron chi connectivity index (χ1n) is 9.35. The van der Waals surface area contributed by atoms with Gasteiger partial charge in [-0.2, -0.15) is 0 Å². The fraction of sp³-hybridized carbons (Fsp3) is 0.889. The Morgan fingerprint density at radius 2 is 1.87 bits per heavy atom. The van der Waals surface area contributed by atoms with E-state index in [0.717, 1.165) is 50.9 Å². The maximum Gasteiger partial charge on any atom is 0.308 e. The van der Waals surface area contributed by atoms with Crippen LogP contribution in [-0.4, -0.2) is 50.1 Å². The molecule has 5 nitrogen and oxygen atoms in total. The van der Waals surface area contributed by atoms with Crippen molar-refractivity contribution in [3.63, 3.8) is 0 Å². The lowest BCUT2D eigenvalue weighted by Crippen LogP contribution is -2.46. The standard InChI is InChI=1S/C18H33N3O2/c1-3-19-18(20-12-9-15-7-5-4-6-8-15)21-13-10-16(11-14-21)17(22)23-2/h15-16H,3-14H2,1-2H3,(H,19,20). The van der Waals surface area contributed by atoms with E-state index in [1.54, 1.807) is 0 Å². The molecule has 0 aromatic carbocycles. The van der Waals surface area contributed by atoms with Crippen LogP contribution in [-0.2, 0) is 9.53 Å². The van der Waals surface area contributed by atoms with Crippen LogP contribution in [0.3, 0.4) is 0 Å². The van der Waals surface area contributed by atoms with Gasteiger partial charge in [-0.1, -0.05) is 32.1 Å². The van der Waals surface area contributed by atoms with Crippen LogP contribution in [0.15, 0.2) is 4.99 Å². The van der Waals surface area contributed by atoms with E-state index in [9.17, 15) is 4.79 Å². The van der Waals surface area contributed by atoms with Crippen LogP contribution in [0.5, 0.6) is 0 Å². The van der Waals surface area contributed by atoms with Crippen molar-refractivity contribution in [1.29, 1.82) is 0 Å². The van der Waals surface area contributed by atoms with Crippen LogP contribution in [0.2, 0.25) is 0 Å². The van der Waals surface area contributed by atoms with Crippen LogP contribution in [0.25, 0.3) is 0 Å². The first-order valence-corrected chi connectivity index (χ1v) is 9.35. The summed E-state index contributed by atoms with van der Waals surface area (Å²) in [6, 6.07) is 0. The molecule has 1 aliphatic carbocycles. The van der Waals surface area contributed by atoms with Crippen LogP contribution in [0.4, 0.5) is 0 Å². The van der Waals surface area contributed by atoms with Crippen molar-refractivity contribution in [2.24, 2.45) is 16.8 Å². The molecule has 2 aliphatic rings. The molecule has 2 rings (SSSR count). The highest BCUT2D eigenvalue weighted by atomic mass is 16.5. The minimum absolute atomic E-state index is 0.0568. The van der Waals surface area contributed by atoms with Crippen LogP contribution in [0, 0.1) is 11.8 Å². The molecule has 0 amide bonds. The van der Waals surface area contributed by atoms with E-state index in [4.69, 9.17) is 9.73 Å². The van der Waals surface area contributed by atoms with E-state index in [2.05, 4.69) is 17.1 Å². The van der Waals surface area contributed by atoms with Gasteiger partial charge < -0.3 is 15.0 Å². The van der Waals surface area contributed by atoms with Crippen LogP contribution < -0.4 is 5.32 Å². The Bertz CT molecular complexity index is 384. The molecule has 1 N–H and O–H groups in total. The Balaban J connectivity index is 1.80. The van der Waals surface area contributed by atoms with Crippen molar-refractivity contribution in [3.8, 4) is 0 Å². The summed E-state index contributed by atoms with van der Waals surface area (Å²) in [4.78, 5) is 18.8. The van der Waals surface area contributed by atoms with Gasteiger partial charge in [-0.3, -0.25) is 9.79 Å². The number of likely N-dealkylation sites (tertiary alicyclic amines) is 1. The van der Waals surface area contributed by atoms with E-state index in [1.807, 2.05) is 0 Å². The normalized spacial score (nSPS) is 21.3. The Labute approximate surface area is 140 Å². The van der Waals surface area contributed by atoms with Gasteiger partial charge in [0.05, 0.1) is 13.0 Å². The molecule has 0 aromatic heterocycles. The fourth-order valence-corrected chi connectivity index (χ4v) is 3.75. The lowest BCUT2D eigenvalue weighted by molar-refractivity contribution is -0.146. The molecule has 23 heavy (non-hydrogen) atoms. The number of esters is 1. The number of hydrogen-bond acceptors (Lipinski definition) is 3. The number of carbonyl (C=O) groups excluding carboxylic acids is 1. The second-order valence-corrected chi connectivity index (χ2v) is 6.81. The van der Waals surface area contributed by atoms with Crippen molar-refractivity contribution >= 4 is 11.9 Å². The number of ether oxygens (including phenoxy) is 1. The van der Waals surface area contributed by atoms with Gasteiger partial charge in [0.15, 0.2) is 5.96 Å². The average Bonchev–Trinajstić information content (AvgIpc) is 2.61. The summed E-state index contributed by atoms with van der Waals surface area (Å²) in [5.41, 5.74) is 0. The summed E-state index contributed by atoms with van der Waals surface area (Å²) in [5, 5.41) is 3.41. The van der Waals surface area contributed by atoms with Gasteiger partial charge in [0, 0.05) is 26.2 Å². The minimum atomic E-state index is -0.0658. The van der Waals surface area contributed by atoms with Gasteiger partial charge in [-0.15, -0.1) is 0 Å². The molecule has 132 valence electrons. The first-order chi connectivity index (χ1) is 11.2. The van der Waals surface area contributed by atoms with Crippen molar-refractivity contribution in [2.45, 2.75) is 58.3 Å². The van der Waals surface area contributed by atoms with E-state index < -0.39 is 0 Å². The minimum Gasteiger partial charge on any atom is -0.469 e. The highest BCUT2D eigenvalue weighted by molar-refractivity contribution is 5.80. The van der Waals surface area contributed by atoms with E-state index in [-0.39, 0.29) is 11.9 Å². The summed E-state index contributed by atoms with van der Waals surface area (Å²) in [6.07, 6.45) is 9.92. The molecular formula is C18H33N3O2. The predicted molar refractivity (Wildman–Crippen MR) is 93.5 cm³/mol. The molecule has 5 heteroatoms.